The predicted octanol–water partition coefficient (Wildman–Crippen LogP) is 2.25. The van der Waals surface area contributed by atoms with E-state index >= 15 is 0 Å². The normalized spacial score (nSPS) is 18.8. The minimum atomic E-state index is -0.0970. The molecular formula is C22H38IN5O2. The van der Waals surface area contributed by atoms with Crippen LogP contribution in [-0.2, 0) is 0 Å². The van der Waals surface area contributed by atoms with Gasteiger partial charge in [0.1, 0.15) is 5.75 Å². The van der Waals surface area contributed by atoms with Gasteiger partial charge < -0.3 is 29.9 Å². The molecule has 0 atom stereocenters. The Morgan fingerprint density at radius 3 is 2.57 bits per heavy atom. The highest BCUT2D eigenvalue weighted by molar-refractivity contribution is 14.0. The van der Waals surface area contributed by atoms with Gasteiger partial charge in [-0.1, -0.05) is 6.07 Å². The van der Waals surface area contributed by atoms with Crippen LogP contribution in [0.15, 0.2) is 29.3 Å². The Balaban J connectivity index is 0.00000320. The van der Waals surface area contributed by atoms with Gasteiger partial charge in [0.2, 0.25) is 0 Å². The van der Waals surface area contributed by atoms with Crippen LogP contribution in [0, 0.1) is 0 Å². The van der Waals surface area contributed by atoms with Gasteiger partial charge in [-0.2, -0.15) is 0 Å². The Hall–Kier alpha value is -1.26. The van der Waals surface area contributed by atoms with Crippen molar-refractivity contribution in [2.45, 2.75) is 32.3 Å². The Kier molecular flexibility index (Phi) is 11.0. The van der Waals surface area contributed by atoms with Crippen molar-refractivity contribution >= 4 is 35.6 Å². The molecule has 2 fully saturated rings. The van der Waals surface area contributed by atoms with E-state index in [2.05, 4.69) is 45.1 Å². The lowest BCUT2D eigenvalue weighted by molar-refractivity contribution is 0.0824. The van der Waals surface area contributed by atoms with Crippen molar-refractivity contribution < 1.29 is 9.84 Å². The van der Waals surface area contributed by atoms with E-state index in [4.69, 9.17) is 9.73 Å². The van der Waals surface area contributed by atoms with E-state index in [-0.39, 0.29) is 30.1 Å². The van der Waals surface area contributed by atoms with Crippen molar-refractivity contribution in [1.82, 2.24) is 15.1 Å². The number of piperazine rings is 1. The monoisotopic (exact) mass is 531 g/mol. The zero-order chi connectivity index (χ0) is 20.5. The number of aliphatic hydroxyl groups is 1. The summed E-state index contributed by atoms with van der Waals surface area (Å²) in [4.78, 5) is 12.1. The van der Waals surface area contributed by atoms with Crippen molar-refractivity contribution in [2.75, 3.05) is 70.9 Å². The third kappa shape index (κ3) is 7.46. The number of aliphatic imine (C=N–C) groups is 1. The molecule has 2 heterocycles. The summed E-state index contributed by atoms with van der Waals surface area (Å²) in [6.45, 7) is 10.8. The molecule has 1 aromatic carbocycles. The quantitative estimate of drug-likeness (QED) is 0.244. The molecule has 1 aromatic rings. The molecule has 0 unspecified atom stereocenters. The molecule has 2 aliphatic heterocycles. The molecule has 2 N–H and O–H groups in total. The molecule has 30 heavy (non-hydrogen) atoms. The number of hydrogen-bond acceptors (Lipinski definition) is 5. The number of nitrogens with one attached hydrogen (secondary N) is 1. The lowest BCUT2D eigenvalue weighted by Gasteiger charge is -2.37. The fourth-order valence-electron chi connectivity index (χ4n) is 4.03. The first-order valence-corrected chi connectivity index (χ1v) is 11.0. The number of rotatable bonds is 7. The molecule has 0 radical (unpaired) electrons. The van der Waals surface area contributed by atoms with Crippen LogP contribution in [0.2, 0.25) is 0 Å². The zero-order valence-electron chi connectivity index (χ0n) is 18.4. The molecule has 7 nitrogen and oxygen atoms in total. The summed E-state index contributed by atoms with van der Waals surface area (Å²) < 4.78 is 5.36. The van der Waals surface area contributed by atoms with Crippen molar-refractivity contribution in [1.29, 1.82) is 0 Å². The molecule has 0 bridgehead atoms. The lowest BCUT2D eigenvalue weighted by atomic mass is 10.1. The largest absolute Gasteiger partial charge is 0.497 e. The Morgan fingerprint density at radius 1 is 1.17 bits per heavy atom. The van der Waals surface area contributed by atoms with Crippen LogP contribution in [0.1, 0.15) is 26.2 Å². The standard InChI is InChI=1S/C22H37N5O2.HI/c1-3-23-22(24-10-5-11-25-12-8-20(28)9-13-25)27-16-14-26(15-17-27)19-6-4-7-21(18-19)29-2;/h4,6-7,18,20,28H,3,5,8-17H2,1-2H3,(H,23,24);1H. The maximum absolute atomic E-state index is 9.62. The number of methoxy groups -OCH3 is 1. The van der Waals surface area contributed by atoms with E-state index in [9.17, 15) is 5.11 Å². The maximum Gasteiger partial charge on any atom is 0.194 e. The van der Waals surface area contributed by atoms with E-state index in [1.54, 1.807) is 7.11 Å². The summed E-state index contributed by atoms with van der Waals surface area (Å²) in [6, 6.07) is 8.29. The van der Waals surface area contributed by atoms with Crippen LogP contribution in [-0.4, -0.2) is 93.0 Å². The highest BCUT2D eigenvalue weighted by Crippen LogP contribution is 2.22. The number of anilines is 1. The van der Waals surface area contributed by atoms with Crippen molar-refractivity contribution in [3.05, 3.63) is 24.3 Å². The minimum absolute atomic E-state index is 0. The van der Waals surface area contributed by atoms with Crippen LogP contribution in [0.5, 0.6) is 5.75 Å². The molecule has 0 aromatic heterocycles. The first kappa shape index (κ1) is 25.0. The average Bonchev–Trinajstić information content (AvgIpc) is 2.77. The summed E-state index contributed by atoms with van der Waals surface area (Å²) in [5.41, 5.74) is 1.22. The fraction of sp³-hybridized carbons (Fsp3) is 0.682. The Labute approximate surface area is 198 Å². The summed E-state index contributed by atoms with van der Waals surface area (Å²) in [5.74, 6) is 1.94. The summed E-state index contributed by atoms with van der Waals surface area (Å²) in [5, 5.41) is 13.1. The van der Waals surface area contributed by atoms with Crippen LogP contribution >= 0.6 is 24.0 Å². The lowest BCUT2D eigenvalue weighted by Crippen LogP contribution is -2.52. The highest BCUT2D eigenvalue weighted by Gasteiger charge is 2.20. The second-order valence-electron chi connectivity index (χ2n) is 7.84. The average molecular weight is 531 g/mol. The van der Waals surface area contributed by atoms with Gasteiger partial charge in [0.25, 0.3) is 0 Å². The molecule has 8 heteroatoms. The summed E-state index contributed by atoms with van der Waals surface area (Å²) in [6.07, 6.45) is 2.78. The number of piperidine rings is 1. The smallest absolute Gasteiger partial charge is 0.194 e. The zero-order valence-corrected chi connectivity index (χ0v) is 20.8. The Bertz CT molecular complexity index is 644. The van der Waals surface area contributed by atoms with Gasteiger partial charge in [-0.3, -0.25) is 4.99 Å². The molecule has 0 aliphatic carbocycles. The number of hydrogen-bond donors (Lipinski definition) is 2. The SMILES string of the molecule is CCNC(=NCCCN1CCC(O)CC1)N1CCN(c2cccc(OC)c2)CC1.I. The second-order valence-corrected chi connectivity index (χ2v) is 7.84. The predicted molar refractivity (Wildman–Crippen MR) is 134 cm³/mol. The summed E-state index contributed by atoms with van der Waals surface area (Å²) >= 11 is 0. The molecule has 3 rings (SSSR count). The van der Waals surface area contributed by atoms with Crippen molar-refractivity contribution in [2.24, 2.45) is 4.99 Å². The van der Waals surface area contributed by atoms with Gasteiger partial charge in [0.15, 0.2) is 5.96 Å². The minimum Gasteiger partial charge on any atom is -0.497 e. The first-order valence-electron chi connectivity index (χ1n) is 11.0. The number of aliphatic hydroxyl groups excluding tert-OH is 1. The van der Waals surface area contributed by atoms with E-state index < -0.39 is 0 Å². The van der Waals surface area contributed by atoms with Gasteiger partial charge in [-0.15, -0.1) is 24.0 Å². The highest BCUT2D eigenvalue weighted by atomic mass is 127. The van der Waals surface area contributed by atoms with Crippen LogP contribution in [0.4, 0.5) is 5.69 Å². The first-order chi connectivity index (χ1) is 14.2. The molecule has 170 valence electrons. The van der Waals surface area contributed by atoms with E-state index in [1.165, 1.54) is 5.69 Å². The fourth-order valence-corrected chi connectivity index (χ4v) is 4.03. The maximum atomic E-state index is 9.62. The van der Waals surface area contributed by atoms with E-state index in [0.717, 1.165) is 89.9 Å². The van der Waals surface area contributed by atoms with Crippen LogP contribution in [0.25, 0.3) is 0 Å². The van der Waals surface area contributed by atoms with E-state index in [1.807, 2.05) is 6.07 Å². The van der Waals surface area contributed by atoms with Gasteiger partial charge in [0, 0.05) is 64.1 Å². The number of benzene rings is 1. The van der Waals surface area contributed by atoms with Gasteiger partial charge in [-0.25, -0.2) is 0 Å². The molecular weight excluding hydrogens is 493 g/mol. The number of guanidine groups is 1. The second kappa shape index (κ2) is 13.2. The molecule has 0 amide bonds. The molecule has 2 saturated heterocycles. The number of likely N-dealkylation sites (tertiary alicyclic amines) is 1. The molecule has 2 aliphatic rings. The van der Waals surface area contributed by atoms with Gasteiger partial charge >= 0.3 is 0 Å². The van der Waals surface area contributed by atoms with Crippen molar-refractivity contribution in [3.63, 3.8) is 0 Å². The third-order valence-electron chi connectivity index (χ3n) is 5.78. The van der Waals surface area contributed by atoms with Crippen molar-refractivity contribution in [3.8, 4) is 5.75 Å². The van der Waals surface area contributed by atoms with Gasteiger partial charge in [-0.05, 0) is 44.9 Å². The Morgan fingerprint density at radius 2 is 1.90 bits per heavy atom. The van der Waals surface area contributed by atoms with Crippen LogP contribution in [0.3, 0.4) is 0 Å². The summed E-state index contributed by atoms with van der Waals surface area (Å²) in [7, 11) is 1.71. The molecule has 0 spiro atoms. The van der Waals surface area contributed by atoms with Crippen LogP contribution < -0.4 is 15.0 Å². The van der Waals surface area contributed by atoms with E-state index in [0.29, 0.717) is 0 Å². The number of halogens is 1. The third-order valence-corrected chi connectivity index (χ3v) is 5.78. The topological polar surface area (TPSA) is 63.6 Å². The number of nitrogens with zero attached hydrogens (tertiary/aromatic N) is 4. The molecule has 0 saturated carbocycles. The van der Waals surface area contributed by atoms with Gasteiger partial charge in [0.05, 0.1) is 13.2 Å². The number of ether oxygens (including phenoxy) is 1.